The molecular weight excluding hydrogens is 222 g/mol. The van der Waals surface area contributed by atoms with Crippen molar-refractivity contribution < 1.29 is 4.74 Å². The minimum Gasteiger partial charge on any atom is -0.496 e. The third-order valence-electron chi connectivity index (χ3n) is 3.10. The molecule has 0 amide bonds. The van der Waals surface area contributed by atoms with Gasteiger partial charge in [0.2, 0.25) is 0 Å². The molecule has 2 nitrogen and oxygen atoms in total. The van der Waals surface area contributed by atoms with Crippen LogP contribution in [-0.2, 0) is 0 Å². The molecule has 0 N–H and O–H groups in total. The first kappa shape index (κ1) is 10.9. The van der Waals surface area contributed by atoms with Gasteiger partial charge in [-0.25, -0.2) is 5.32 Å². The minimum atomic E-state index is 0.864. The zero-order valence-corrected chi connectivity index (χ0v) is 10.5. The first-order chi connectivity index (χ1) is 8.78. The van der Waals surface area contributed by atoms with Gasteiger partial charge in [-0.15, -0.1) is 0 Å². The molecule has 1 heterocycles. The lowest BCUT2D eigenvalue weighted by atomic mass is 10.1. The van der Waals surface area contributed by atoms with Crippen LogP contribution in [0.25, 0.3) is 11.8 Å². The minimum absolute atomic E-state index is 0.864. The normalized spacial score (nSPS) is 12.7. The number of nitrogens with zero attached hydrogens (tertiary/aromatic N) is 1. The third kappa shape index (κ3) is 1.76. The molecule has 0 fully saturated rings. The zero-order valence-electron chi connectivity index (χ0n) is 10.5. The summed E-state index contributed by atoms with van der Waals surface area (Å²) in [7, 11) is 1.69. The Hall–Kier alpha value is -2.22. The maximum atomic E-state index is 5.41. The molecule has 2 aromatic rings. The van der Waals surface area contributed by atoms with Gasteiger partial charge in [0.05, 0.1) is 18.5 Å². The standard InChI is InChI=1S/C16H14NO/c1-11-7-8-16(18-2)13(9-11)15-10-12-5-3-4-6-14(12)17-15/h3-10H,1-2H3. The lowest BCUT2D eigenvalue weighted by Crippen LogP contribution is -1.97. The number of fused-ring (bicyclic) bond motifs is 1. The highest BCUT2D eigenvalue weighted by atomic mass is 16.5. The predicted octanol–water partition coefficient (Wildman–Crippen LogP) is 3.75. The first-order valence-electron chi connectivity index (χ1n) is 5.95. The van der Waals surface area contributed by atoms with Gasteiger partial charge in [0.25, 0.3) is 0 Å². The van der Waals surface area contributed by atoms with Gasteiger partial charge < -0.3 is 4.74 Å². The van der Waals surface area contributed by atoms with Crippen LogP contribution >= 0.6 is 0 Å². The average molecular weight is 236 g/mol. The first-order valence-corrected chi connectivity index (χ1v) is 5.95. The van der Waals surface area contributed by atoms with E-state index in [0.717, 1.165) is 28.3 Å². The molecule has 0 spiro atoms. The second-order valence-corrected chi connectivity index (χ2v) is 4.40. The largest absolute Gasteiger partial charge is 0.496 e. The van der Waals surface area contributed by atoms with Crippen molar-refractivity contribution in [1.82, 2.24) is 5.32 Å². The molecule has 0 saturated heterocycles. The molecule has 1 aliphatic heterocycles. The van der Waals surface area contributed by atoms with Crippen molar-refractivity contribution in [1.29, 1.82) is 0 Å². The van der Waals surface area contributed by atoms with E-state index < -0.39 is 0 Å². The molecule has 18 heavy (non-hydrogen) atoms. The Morgan fingerprint density at radius 1 is 1.06 bits per heavy atom. The number of hydrogen-bond acceptors (Lipinski definition) is 1. The Bertz CT molecular complexity index is 629. The van der Waals surface area contributed by atoms with Crippen molar-refractivity contribution in [2.75, 3.05) is 7.11 Å². The highest BCUT2D eigenvalue weighted by Gasteiger charge is 2.17. The van der Waals surface area contributed by atoms with Crippen molar-refractivity contribution >= 4 is 17.5 Å². The molecule has 2 aromatic carbocycles. The molecular formula is C16H14NO. The summed E-state index contributed by atoms with van der Waals surface area (Å²) in [5, 5.41) is 4.65. The van der Waals surface area contributed by atoms with Crippen molar-refractivity contribution in [3.63, 3.8) is 0 Å². The molecule has 2 heteroatoms. The Morgan fingerprint density at radius 2 is 1.89 bits per heavy atom. The fourth-order valence-corrected chi connectivity index (χ4v) is 2.18. The van der Waals surface area contributed by atoms with Crippen molar-refractivity contribution in [3.8, 4) is 5.75 Å². The number of para-hydroxylation sites is 1. The summed E-state index contributed by atoms with van der Waals surface area (Å²) in [4.78, 5) is 0. The van der Waals surface area contributed by atoms with Crippen LogP contribution in [0.2, 0.25) is 0 Å². The predicted molar refractivity (Wildman–Crippen MR) is 73.8 cm³/mol. The smallest absolute Gasteiger partial charge is 0.128 e. The van der Waals surface area contributed by atoms with E-state index in [1.54, 1.807) is 7.11 Å². The van der Waals surface area contributed by atoms with Gasteiger partial charge in [-0.1, -0.05) is 29.8 Å². The molecule has 0 bridgehead atoms. The van der Waals surface area contributed by atoms with E-state index in [-0.39, 0.29) is 0 Å². The van der Waals surface area contributed by atoms with Crippen LogP contribution in [0.1, 0.15) is 16.7 Å². The lowest BCUT2D eigenvalue weighted by molar-refractivity contribution is 0.413. The molecule has 0 saturated carbocycles. The van der Waals surface area contributed by atoms with E-state index in [0.29, 0.717) is 0 Å². The van der Waals surface area contributed by atoms with E-state index >= 15 is 0 Å². The second kappa shape index (κ2) is 4.22. The van der Waals surface area contributed by atoms with E-state index in [2.05, 4.69) is 30.4 Å². The van der Waals surface area contributed by atoms with E-state index in [1.807, 2.05) is 30.3 Å². The molecule has 0 unspecified atom stereocenters. The Labute approximate surface area is 107 Å². The summed E-state index contributed by atoms with van der Waals surface area (Å²) in [6, 6.07) is 14.3. The summed E-state index contributed by atoms with van der Waals surface area (Å²) in [6.45, 7) is 2.07. The van der Waals surface area contributed by atoms with Gasteiger partial charge in [-0.05, 0) is 31.2 Å². The van der Waals surface area contributed by atoms with Crippen molar-refractivity contribution in [2.24, 2.45) is 0 Å². The summed E-state index contributed by atoms with van der Waals surface area (Å²) >= 11 is 0. The summed E-state index contributed by atoms with van der Waals surface area (Å²) in [6.07, 6.45) is 2.10. The van der Waals surface area contributed by atoms with E-state index in [9.17, 15) is 0 Å². The van der Waals surface area contributed by atoms with Crippen LogP contribution < -0.4 is 10.1 Å². The SMILES string of the molecule is COc1ccc(C)cc1C1=Cc2ccccc2[N]1. The van der Waals surface area contributed by atoms with Gasteiger partial charge in [-0.2, -0.15) is 0 Å². The third-order valence-corrected chi connectivity index (χ3v) is 3.10. The Morgan fingerprint density at radius 3 is 2.67 bits per heavy atom. The Balaban J connectivity index is 2.06. The molecule has 3 rings (SSSR count). The molecule has 0 atom stereocenters. The number of aryl methyl sites for hydroxylation is 1. The topological polar surface area (TPSA) is 23.3 Å². The van der Waals surface area contributed by atoms with Crippen LogP contribution in [0, 0.1) is 6.92 Å². The number of benzene rings is 2. The number of hydrogen-bond donors (Lipinski definition) is 0. The van der Waals surface area contributed by atoms with Gasteiger partial charge in [0, 0.05) is 11.1 Å². The molecule has 89 valence electrons. The summed E-state index contributed by atoms with van der Waals surface area (Å²) in [5.74, 6) is 0.864. The number of ether oxygens (including phenoxy) is 1. The van der Waals surface area contributed by atoms with Gasteiger partial charge in [0.15, 0.2) is 0 Å². The summed E-state index contributed by atoms with van der Waals surface area (Å²) in [5.41, 5.74) is 5.41. The van der Waals surface area contributed by atoms with Gasteiger partial charge >= 0.3 is 0 Å². The van der Waals surface area contributed by atoms with Crippen molar-refractivity contribution in [3.05, 3.63) is 59.2 Å². The fourth-order valence-electron chi connectivity index (χ4n) is 2.18. The molecule has 1 aliphatic rings. The lowest BCUT2D eigenvalue weighted by Gasteiger charge is -2.09. The van der Waals surface area contributed by atoms with Crippen LogP contribution in [-0.4, -0.2) is 7.11 Å². The van der Waals surface area contributed by atoms with Crippen molar-refractivity contribution in [2.45, 2.75) is 6.92 Å². The highest BCUT2D eigenvalue weighted by molar-refractivity contribution is 5.92. The van der Waals surface area contributed by atoms with E-state index in [1.165, 1.54) is 5.56 Å². The monoisotopic (exact) mass is 236 g/mol. The average Bonchev–Trinajstić information content (AvgIpc) is 2.82. The molecule has 0 aliphatic carbocycles. The van der Waals surface area contributed by atoms with Gasteiger partial charge in [0.1, 0.15) is 5.75 Å². The number of rotatable bonds is 2. The molecule has 1 radical (unpaired) electrons. The quantitative estimate of drug-likeness (QED) is 0.778. The fraction of sp³-hybridized carbons (Fsp3) is 0.125. The summed E-state index contributed by atoms with van der Waals surface area (Å²) < 4.78 is 5.41. The number of methoxy groups -OCH3 is 1. The Kier molecular flexibility index (Phi) is 2.56. The van der Waals surface area contributed by atoms with Crippen LogP contribution in [0.15, 0.2) is 42.5 Å². The van der Waals surface area contributed by atoms with E-state index in [4.69, 9.17) is 4.74 Å². The maximum absolute atomic E-state index is 5.41. The van der Waals surface area contributed by atoms with Crippen LogP contribution in [0.5, 0.6) is 5.75 Å². The zero-order chi connectivity index (χ0) is 12.5. The highest BCUT2D eigenvalue weighted by Crippen LogP contribution is 2.36. The van der Waals surface area contributed by atoms with Crippen LogP contribution in [0.4, 0.5) is 5.69 Å². The van der Waals surface area contributed by atoms with Gasteiger partial charge in [-0.3, -0.25) is 0 Å². The maximum Gasteiger partial charge on any atom is 0.128 e. The van der Waals surface area contributed by atoms with Crippen LogP contribution in [0.3, 0.4) is 0 Å². The second-order valence-electron chi connectivity index (χ2n) is 4.40. The molecule has 0 aromatic heterocycles.